The lowest BCUT2D eigenvalue weighted by atomic mass is 9.53. The van der Waals surface area contributed by atoms with Gasteiger partial charge < -0.3 is 5.32 Å². The maximum Gasteiger partial charge on any atom is 0.187 e. The van der Waals surface area contributed by atoms with Gasteiger partial charge in [0.25, 0.3) is 0 Å². The van der Waals surface area contributed by atoms with Crippen LogP contribution in [-0.2, 0) is 0 Å². The summed E-state index contributed by atoms with van der Waals surface area (Å²) in [6.07, 6.45) is 10.1. The van der Waals surface area contributed by atoms with E-state index in [2.05, 4.69) is 58.3 Å². The van der Waals surface area contributed by atoms with Crippen LogP contribution in [0.3, 0.4) is 0 Å². The Labute approximate surface area is 160 Å². The minimum Gasteiger partial charge on any atom is -0.356 e. The maximum absolute atomic E-state index is 5.56. The SMILES string of the molecule is S=C(NN=Cc1cccc2ccccc12)NC12CC3CC(CC(C3)C1)C2. The number of hydrogen-bond donors (Lipinski definition) is 2. The average Bonchev–Trinajstić information content (AvgIpc) is 2.60. The van der Waals surface area contributed by atoms with E-state index in [1.54, 1.807) is 0 Å². The van der Waals surface area contributed by atoms with Crippen LogP contribution >= 0.6 is 12.2 Å². The van der Waals surface area contributed by atoms with Gasteiger partial charge in [-0.15, -0.1) is 0 Å². The van der Waals surface area contributed by atoms with Crippen LogP contribution in [0.5, 0.6) is 0 Å². The lowest BCUT2D eigenvalue weighted by Crippen LogP contribution is -2.61. The Bertz CT molecular complexity index is 832. The molecule has 6 rings (SSSR count). The molecule has 4 bridgehead atoms. The fourth-order valence-electron chi connectivity index (χ4n) is 6.06. The molecule has 0 saturated heterocycles. The van der Waals surface area contributed by atoms with Crippen molar-refractivity contribution < 1.29 is 0 Å². The van der Waals surface area contributed by atoms with E-state index in [-0.39, 0.29) is 5.54 Å². The molecule has 4 saturated carbocycles. The number of thiocarbonyl (C=S) groups is 1. The molecule has 4 heteroatoms. The van der Waals surface area contributed by atoms with Crippen molar-refractivity contribution in [2.75, 3.05) is 0 Å². The van der Waals surface area contributed by atoms with Crippen LogP contribution in [-0.4, -0.2) is 16.9 Å². The van der Waals surface area contributed by atoms with E-state index in [0.717, 1.165) is 23.3 Å². The Morgan fingerprint density at radius 1 is 0.962 bits per heavy atom. The minimum absolute atomic E-state index is 0.230. The van der Waals surface area contributed by atoms with Gasteiger partial charge in [-0.1, -0.05) is 42.5 Å². The van der Waals surface area contributed by atoms with Gasteiger partial charge in [0.05, 0.1) is 6.21 Å². The third kappa shape index (κ3) is 3.01. The van der Waals surface area contributed by atoms with Crippen molar-refractivity contribution in [2.45, 2.75) is 44.1 Å². The quantitative estimate of drug-likeness (QED) is 0.475. The minimum atomic E-state index is 0.230. The number of nitrogens with zero attached hydrogens (tertiary/aromatic N) is 1. The summed E-state index contributed by atoms with van der Waals surface area (Å²) in [5, 5.41) is 11.2. The van der Waals surface area contributed by atoms with Gasteiger partial charge in [-0.25, -0.2) is 0 Å². The van der Waals surface area contributed by atoms with Crippen LogP contribution in [0.1, 0.15) is 44.1 Å². The zero-order valence-corrected chi connectivity index (χ0v) is 15.8. The molecule has 2 aromatic rings. The van der Waals surface area contributed by atoms with E-state index < -0.39 is 0 Å². The molecule has 0 atom stereocenters. The van der Waals surface area contributed by atoms with E-state index in [1.807, 2.05) is 6.21 Å². The van der Waals surface area contributed by atoms with E-state index >= 15 is 0 Å². The maximum atomic E-state index is 5.56. The molecule has 0 unspecified atom stereocenters. The third-order valence-corrected chi connectivity index (χ3v) is 6.80. The van der Waals surface area contributed by atoms with Crippen molar-refractivity contribution in [3.05, 3.63) is 48.0 Å². The van der Waals surface area contributed by atoms with Crippen molar-refractivity contribution >= 4 is 34.3 Å². The second-order valence-corrected chi connectivity index (χ2v) is 9.00. The highest BCUT2D eigenvalue weighted by molar-refractivity contribution is 7.80. The van der Waals surface area contributed by atoms with Gasteiger partial charge in [0, 0.05) is 11.1 Å². The molecule has 2 N–H and O–H groups in total. The van der Waals surface area contributed by atoms with Gasteiger partial charge in [-0.3, -0.25) is 5.43 Å². The number of fused-ring (bicyclic) bond motifs is 1. The van der Waals surface area contributed by atoms with Crippen LogP contribution in [0.25, 0.3) is 10.8 Å². The molecule has 0 amide bonds. The molecule has 4 aliphatic rings. The van der Waals surface area contributed by atoms with Gasteiger partial charge in [0.15, 0.2) is 5.11 Å². The van der Waals surface area contributed by atoms with Crippen molar-refractivity contribution in [3.8, 4) is 0 Å². The summed E-state index contributed by atoms with van der Waals surface area (Å²) in [5.41, 5.74) is 4.40. The Morgan fingerprint density at radius 2 is 1.62 bits per heavy atom. The molecule has 26 heavy (non-hydrogen) atoms. The topological polar surface area (TPSA) is 36.4 Å². The summed E-state index contributed by atoms with van der Waals surface area (Å²) in [6, 6.07) is 14.7. The molecule has 0 aromatic heterocycles. The standard InChI is InChI=1S/C22H25N3S/c26-21(24-22-11-15-8-16(12-22)10-17(9-15)13-22)25-23-14-19-6-3-5-18-4-1-2-7-20(18)19/h1-7,14-17H,8-13H2,(H2,24,25,26). The fourth-order valence-corrected chi connectivity index (χ4v) is 6.33. The molecular weight excluding hydrogens is 338 g/mol. The van der Waals surface area contributed by atoms with Gasteiger partial charge in [0.2, 0.25) is 0 Å². The highest BCUT2D eigenvalue weighted by atomic mass is 32.1. The first-order chi connectivity index (χ1) is 12.7. The van der Waals surface area contributed by atoms with Crippen LogP contribution in [0, 0.1) is 17.8 Å². The second kappa shape index (κ2) is 6.34. The Kier molecular flexibility index (Phi) is 3.96. The molecule has 3 nitrogen and oxygen atoms in total. The smallest absolute Gasteiger partial charge is 0.187 e. The lowest BCUT2D eigenvalue weighted by Gasteiger charge is -2.57. The second-order valence-electron chi connectivity index (χ2n) is 8.59. The number of nitrogens with one attached hydrogen (secondary N) is 2. The van der Waals surface area contributed by atoms with Crippen molar-refractivity contribution in [1.82, 2.24) is 10.7 Å². The predicted molar refractivity (Wildman–Crippen MR) is 111 cm³/mol. The van der Waals surface area contributed by atoms with Crippen molar-refractivity contribution in [3.63, 3.8) is 0 Å². The molecule has 0 heterocycles. The van der Waals surface area contributed by atoms with Crippen LogP contribution in [0.2, 0.25) is 0 Å². The van der Waals surface area contributed by atoms with Crippen molar-refractivity contribution in [1.29, 1.82) is 0 Å². The molecule has 4 aliphatic carbocycles. The number of rotatable bonds is 3. The first-order valence-electron chi connectivity index (χ1n) is 9.78. The predicted octanol–water partition coefficient (Wildman–Crippen LogP) is 4.61. The molecular formula is C22H25N3S. The zero-order valence-electron chi connectivity index (χ0n) is 14.9. The van der Waals surface area contributed by atoms with Crippen LogP contribution in [0.15, 0.2) is 47.6 Å². The highest BCUT2D eigenvalue weighted by Crippen LogP contribution is 2.55. The molecule has 2 aromatic carbocycles. The normalized spacial score (nSPS) is 32.2. The Balaban J connectivity index is 1.26. The fraction of sp³-hybridized carbons (Fsp3) is 0.455. The third-order valence-electron chi connectivity index (χ3n) is 6.61. The lowest BCUT2D eigenvalue weighted by molar-refractivity contribution is -0.0101. The molecule has 0 radical (unpaired) electrons. The molecule has 134 valence electrons. The summed E-state index contributed by atoms with van der Waals surface area (Å²) in [7, 11) is 0. The largest absolute Gasteiger partial charge is 0.356 e. The monoisotopic (exact) mass is 363 g/mol. The zero-order chi connectivity index (χ0) is 17.6. The summed E-state index contributed by atoms with van der Waals surface area (Å²) in [6.45, 7) is 0. The summed E-state index contributed by atoms with van der Waals surface area (Å²) in [5.74, 6) is 2.74. The van der Waals surface area contributed by atoms with Gasteiger partial charge >= 0.3 is 0 Å². The Morgan fingerprint density at radius 3 is 2.35 bits per heavy atom. The summed E-state index contributed by atoms with van der Waals surface area (Å²) in [4.78, 5) is 0. The van der Waals surface area contributed by atoms with E-state index in [9.17, 15) is 0 Å². The molecule has 0 spiro atoms. The average molecular weight is 364 g/mol. The molecule has 0 aliphatic heterocycles. The summed E-state index contributed by atoms with van der Waals surface area (Å²) >= 11 is 5.56. The van der Waals surface area contributed by atoms with Crippen LogP contribution < -0.4 is 10.7 Å². The van der Waals surface area contributed by atoms with Gasteiger partial charge in [-0.2, -0.15) is 5.10 Å². The van der Waals surface area contributed by atoms with Gasteiger partial charge in [0.1, 0.15) is 0 Å². The van der Waals surface area contributed by atoms with Crippen LogP contribution in [0.4, 0.5) is 0 Å². The highest BCUT2D eigenvalue weighted by Gasteiger charge is 2.51. The van der Waals surface area contributed by atoms with E-state index in [1.165, 1.54) is 49.3 Å². The first-order valence-corrected chi connectivity index (χ1v) is 10.2. The van der Waals surface area contributed by atoms with E-state index in [0.29, 0.717) is 5.11 Å². The van der Waals surface area contributed by atoms with Gasteiger partial charge in [-0.05, 0) is 79.3 Å². The number of hydrogen-bond acceptors (Lipinski definition) is 2. The van der Waals surface area contributed by atoms with Crippen molar-refractivity contribution in [2.24, 2.45) is 22.9 Å². The number of benzene rings is 2. The Hall–Kier alpha value is -1.94. The molecule has 4 fully saturated rings. The number of hydrazone groups is 1. The first kappa shape index (κ1) is 16.2. The summed E-state index contributed by atoms with van der Waals surface area (Å²) < 4.78 is 0. The van der Waals surface area contributed by atoms with E-state index in [4.69, 9.17) is 12.2 Å².